The van der Waals surface area contributed by atoms with Crippen molar-refractivity contribution in [3.8, 4) is 5.75 Å². The van der Waals surface area contributed by atoms with E-state index in [4.69, 9.17) is 10.5 Å². The van der Waals surface area contributed by atoms with Gasteiger partial charge < -0.3 is 15.4 Å². The Morgan fingerprint density at radius 3 is 2.95 bits per heavy atom. The maximum Gasteiger partial charge on any atom is 0.198 e. The summed E-state index contributed by atoms with van der Waals surface area (Å²) in [6, 6.07) is 1.17. The molecule has 0 radical (unpaired) electrons. The highest BCUT2D eigenvalue weighted by molar-refractivity contribution is 7.11. The Kier molecular flexibility index (Phi) is 3.77. The molecule has 6 heteroatoms. The number of piperazine rings is 1. The molecule has 3 rings (SSSR count). The second-order valence-electron chi connectivity index (χ2n) is 6.16. The van der Waals surface area contributed by atoms with E-state index in [9.17, 15) is 0 Å². The minimum absolute atomic E-state index is 0.121. The van der Waals surface area contributed by atoms with Gasteiger partial charge in [0.15, 0.2) is 16.6 Å². The van der Waals surface area contributed by atoms with E-state index >= 15 is 0 Å². The van der Waals surface area contributed by atoms with Gasteiger partial charge in [0.05, 0.1) is 6.10 Å². The van der Waals surface area contributed by atoms with Crippen LogP contribution in [0.3, 0.4) is 0 Å². The summed E-state index contributed by atoms with van der Waals surface area (Å²) in [5.74, 6) is 1.31. The summed E-state index contributed by atoms with van der Waals surface area (Å²) in [7, 11) is 0. The van der Waals surface area contributed by atoms with E-state index < -0.39 is 0 Å². The minimum atomic E-state index is 0.121. The van der Waals surface area contributed by atoms with Gasteiger partial charge >= 0.3 is 0 Å². The second kappa shape index (κ2) is 5.41. The van der Waals surface area contributed by atoms with Crippen molar-refractivity contribution in [1.29, 1.82) is 0 Å². The molecule has 0 amide bonds. The van der Waals surface area contributed by atoms with E-state index in [-0.39, 0.29) is 6.10 Å². The van der Waals surface area contributed by atoms with Gasteiger partial charge in [0.25, 0.3) is 0 Å². The molecule has 1 aromatic heterocycles. The van der Waals surface area contributed by atoms with Crippen molar-refractivity contribution in [3.05, 3.63) is 0 Å². The van der Waals surface area contributed by atoms with Gasteiger partial charge in [-0.3, -0.25) is 4.90 Å². The number of nitrogens with zero attached hydrogens (tertiary/aromatic N) is 3. The average Bonchev–Trinajstić information content (AvgIpc) is 2.96. The van der Waals surface area contributed by atoms with Crippen molar-refractivity contribution in [2.24, 2.45) is 0 Å². The monoisotopic (exact) mass is 296 g/mol. The van der Waals surface area contributed by atoms with Gasteiger partial charge in [-0.25, -0.2) is 0 Å². The van der Waals surface area contributed by atoms with Gasteiger partial charge in [-0.1, -0.05) is 0 Å². The summed E-state index contributed by atoms with van der Waals surface area (Å²) in [6.07, 6.45) is 2.75. The number of nitrogens with two attached hydrogens (primary N) is 1. The third-order valence-corrected chi connectivity index (χ3v) is 5.09. The van der Waals surface area contributed by atoms with Gasteiger partial charge in [0, 0.05) is 25.2 Å². The van der Waals surface area contributed by atoms with Gasteiger partial charge in [-0.05, 0) is 51.7 Å². The third-order valence-electron chi connectivity index (χ3n) is 4.21. The van der Waals surface area contributed by atoms with Crippen LogP contribution in [0.5, 0.6) is 5.75 Å². The Morgan fingerprint density at radius 1 is 1.40 bits per heavy atom. The number of hydrogen-bond acceptors (Lipinski definition) is 6. The van der Waals surface area contributed by atoms with E-state index in [2.05, 4.69) is 21.1 Å². The molecule has 2 fully saturated rings. The lowest BCUT2D eigenvalue weighted by molar-refractivity contribution is 0.200. The van der Waals surface area contributed by atoms with E-state index in [0.29, 0.717) is 17.9 Å². The highest BCUT2D eigenvalue weighted by Crippen LogP contribution is 2.41. The lowest BCUT2D eigenvalue weighted by Gasteiger charge is -2.43. The molecule has 0 saturated carbocycles. The maximum absolute atomic E-state index is 5.99. The molecule has 2 aliphatic heterocycles. The lowest BCUT2D eigenvalue weighted by Crippen LogP contribution is -2.55. The van der Waals surface area contributed by atoms with Gasteiger partial charge in [-0.2, -0.15) is 4.37 Å². The molecule has 2 aliphatic rings. The van der Waals surface area contributed by atoms with Crippen LogP contribution in [0, 0.1) is 0 Å². The van der Waals surface area contributed by atoms with Gasteiger partial charge in [0.2, 0.25) is 0 Å². The fourth-order valence-electron chi connectivity index (χ4n) is 3.28. The van der Waals surface area contributed by atoms with Crippen molar-refractivity contribution in [1.82, 2.24) is 9.27 Å². The largest absolute Gasteiger partial charge is 0.484 e. The van der Waals surface area contributed by atoms with Crippen LogP contribution in [0.25, 0.3) is 0 Å². The molecule has 2 N–H and O–H groups in total. The summed E-state index contributed by atoms with van der Waals surface area (Å²) in [6.45, 7) is 9.78. The van der Waals surface area contributed by atoms with Crippen molar-refractivity contribution >= 4 is 22.4 Å². The molecule has 1 aromatic rings. The van der Waals surface area contributed by atoms with E-state index in [1.165, 1.54) is 30.9 Å². The SMILES string of the molecule is CC(C)Oc1c(N)nsc1N1CC2CCCN2CC1C. The summed E-state index contributed by atoms with van der Waals surface area (Å²) < 4.78 is 10.2. The first-order chi connectivity index (χ1) is 9.56. The van der Waals surface area contributed by atoms with Crippen LogP contribution in [0.2, 0.25) is 0 Å². The van der Waals surface area contributed by atoms with Crippen LogP contribution in [0.15, 0.2) is 0 Å². The molecule has 0 aromatic carbocycles. The fourth-order valence-corrected chi connectivity index (χ4v) is 4.15. The first kappa shape index (κ1) is 13.9. The third kappa shape index (κ3) is 2.46. The Morgan fingerprint density at radius 2 is 2.20 bits per heavy atom. The van der Waals surface area contributed by atoms with Crippen LogP contribution in [0.1, 0.15) is 33.6 Å². The van der Waals surface area contributed by atoms with Crippen LogP contribution in [-0.2, 0) is 0 Å². The zero-order valence-corrected chi connectivity index (χ0v) is 13.3. The Labute approximate surface area is 124 Å². The second-order valence-corrected chi connectivity index (χ2v) is 6.91. The zero-order valence-electron chi connectivity index (χ0n) is 12.5. The van der Waals surface area contributed by atoms with E-state index in [0.717, 1.165) is 23.8 Å². The molecule has 3 heterocycles. The standard InChI is InChI=1S/C14H24N4OS/c1-9(2)19-12-13(15)16-20-14(12)18-8-11-5-4-6-17(11)7-10(18)3/h9-11H,4-8H2,1-3H3,(H2,15,16). The number of rotatable bonds is 3. The van der Waals surface area contributed by atoms with E-state index in [1.54, 1.807) is 0 Å². The summed E-state index contributed by atoms with van der Waals surface area (Å²) in [5.41, 5.74) is 5.99. The number of hydrogen-bond donors (Lipinski definition) is 1. The molecule has 112 valence electrons. The molecule has 2 saturated heterocycles. The molecule has 0 aliphatic carbocycles. The van der Waals surface area contributed by atoms with Crippen molar-refractivity contribution in [2.45, 2.75) is 51.8 Å². The number of fused-ring (bicyclic) bond motifs is 1. The van der Waals surface area contributed by atoms with Crippen molar-refractivity contribution in [3.63, 3.8) is 0 Å². The maximum atomic E-state index is 5.99. The molecule has 0 spiro atoms. The molecule has 20 heavy (non-hydrogen) atoms. The summed E-state index contributed by atoms with van der Waals surface area (Å²) in [5, 5.41) is 1.11. The Balaban J connectivity index is 1.84. The minimum Gasteiger partial charge on any atom is -0.484 e. The summed E-state index contributed by atoms with van der Waals surface area (Å²) in [4.78, 5) is 5.06. The van der Waals surface area contributed by atoms with Crippen LogP contribution in [0.4, 0.5) is 10.8 Å². The topological polar surface area (TPSA) is 54.6 Å². The number of aromatic nitrogens is 1. The lowest BCUT2D eigenvalue weighted by atomic mass is 10.1. The molecule has 0 bridgehead atoms. The molecular weight excluding hydrogens is 272 g/mol. The highest BCUT2D eigenvalue weighted by Gasteiger charge is 2.36. The molecule has 2 unspecified atom stereocenters. The highest BCUT2D eigenvalue weighted by atomic mass is 32.1. The molecule has 2 atom stereocenters. The van der Waals surface area contributed by atoms with Crippen molar-refractivity contribution < 1.29 is 4.74 Å². The van der Waals surface area contributed by atoms with Gasteiger partial charge in [0.1, 0.15) is 0 Å². The van der Waals surface area contributed by atoms with Crippen molar-refractivity contribution in [2.75, 3.05) is 30.3 Å². The molecular formula is C14H24N4OS. The van der Waals surface area contributed by atoms with Gasteiger partial charge in [-0.15, -0.1) is 0 Å². The normalized spacial score (nSPS) is 27.1. The first-order valence-electron chi connectivity index (χ1n) is 7.48. The predicted octanol–water partition coefficient (Wildman–Crippen LogP) is 2.19. The number of nitrogen functional groups attached to an aromatic ring is 1. The number of anilines is 2. The number of ether oxygens (including phenoxy) is 1. The fraction of sp³-hybridized carbons (Fsp3) is 0.786. The van der Waals surface area contributed by atoms with E-state index in [1.807, 2.05) is 13.8 Å². The molecule has 5 nitrogen and oxygen atoms in total. The Hall–Kier alpha value is -1.01. The zero-order chi connectivity index (χ0) is 14.3. The smallest absolute Gasteiger partial charge is 0.198 e. The van der Waals surface area contributed by atoms with Crippen LogP contribution >= 0.6 is 11.5 Å². The van der Waals surface area contributed by atoms with Crippen LogP contribution < -0.4 is 15.4 Å². The van der Waals surface area contributed by atoms with Crippen LogP contribution in [-0.4, -0.2) is 47.1 Å². The summed E-state index contributed by atoms with van der Waals surface area (Å²) >= 11 is 1.47. The Bertz CT molecular complexity index is 476. The average molecular weight is 296 g/mol. The first-order valence-corrected chi connectivity index (χ1v) is 8.26. The predicted molar refractivity (Wildman–Crippen MR) is 83.7 cm³/mol. The quantitative estimate of drug-likeness (QED) is 0.926.